The van der Waals surface area contributed by atoms with E-state index in [2.05, 4.69) is 4.98 Å². The molecule has 0 saturated carbocycles. The van der Waals surface area contributed by atoms with Gasteiger partial charge in [-0.25, -0.2) is 4.98 Å². The topological polar surface area (TPSA) is 72.6 Å². The van der Waals surface area contributed by atoms with Gasteiger partial charge in [0.1, 0.15) is 0 Å². The first-order valence-electron chi connectivity index (χ1n) is 8.04. The van der Waals surface area contributed by atoms with Crippen LogP contribution < -0.4 is 0 Å². The molecule has 0 aromatic carbocycles. The van der Waals surface area contributed by atoms with E-state index in [4.69, 9.17) is 9.15 Å². The van der Waals surface area contributed by atoms with E-state index in [1.807, 2.05) is 12.3 Å². The van der Waals surface area contributed by atoms with Crippen molar-refractivity contribution >= 4 is 23.0 Å². The van der Waals surface area contributed by atoms with Gasteiger partial charge in [0.15, 0.2) is 11.5 Å². The number of morpholine rings is 1. The second kappa shape index (κ2) is 7.72. The van der Waals surface area contributed by atoms with Gasteiger partial charge in [-0.2, -0.15) is 0 Å². The van der Waals surface area contributed by atoms with Crippen molar-refractivity contribution in [2.75, 3.05) is 19.8 Å². The number of furan rings is 1. The van der Waals surface area contributed by atoms with Crippen LogP contribution in [-0.2, 0) is 22.4 Å². The number of ketones is 1. The van der Waals surface area contributed by atoms with Crippen molar-refractivity contribution in [1.29, 1.82) is 0 Å². The Bertz CT molecular complexity index is 695. The fraction of sp³-hybridized carbons (Fsp3) is 0.471. The Morgan fingerprint density at radius 2 is 2.33 bits per heavy atom. The highest BCUT2D eigenvalue weighted by Gasteiger charge is 2.30. The average Bonchev–Trinajstić information content (AvgIpc) is 3.27. The highest BCUT2D eigenvalue weighted by Crippen LogP contribution is 2.17. The summed E-state index contributed by atoms with van der Waals surface area (Å²) < 4.78 is 10.6. The molecule has 3 heterocycles. The van der Waals surface area contributed by atoms with Crippen LogP contribution in [0.5, 0.6) is 0 Å². The summed E-state index contributed by atoms with van der Waals surface area (Å²) >= 11 is 1.57. The summed E-state index contributed by atoms with van der Waals surface area (Å²) in [6.45, 7) is 3.41. The minimum absolute atomic E-state index is 0.0107. The second-order valence-electron chi connectivity index (χ2n) is 5.68. The SMILES string of the molecule is CCc1nc(CC(=O)N2CCOC[C@@H]2CC(=O)c2ccco2)cs1. The van der Waals surface area contributed by atoms with Crippen LogP contribution in [0.2, 0.25) is 0 Å². The van der Waals surface area contributed by atoms with Gasteiger partial charge in [-0.3, -0.25) is 9.59 Å². The zero-order valence-electron chi connectivity index (χ0n) is 13.6. The van der Waals surface area contributed by atoms with Gasteiger partial charge in [0.2, 0.25) is 5.91 Å². The number of hydrogen-bond donors (Lipinski definition) is 0. The van der Waals surface area contributed by atoms with Crippen molar-refractivity contribution < 1.29 is 18.7 Å². The molecule has 7 heteroatoms. The molecule has 2 aromatic rings. The van der Waals surface area contributed by atoms with Crippen molar-refractivity contribution in [2.45, 2.75) is 32.2 Å². The van der Waals surface area contributed by atoms with Gasteiger partial charge in [0, 0.05) is 18.3 Å². The van der Waals surface area contributed by atoms with Crippen molar-refractivity contribution in [3.63, 3.8) is 0 Å². The van der Waals surface area contributed by atoms with Crippen molar-refractivity contribution in [1.82, 2.24) is 9.88 Å². The zero-order chi connectivity index (χ0) is 16.9. The number of rotatable bonds is 6. The van der Waals surface area contributed by atoms with Gasteiger partial charge < -0.3 is 14.1 Å². The lowest BCUT2D eigenvalue weighted by atomic mass is 10.1. The number of hydrogen-bond acceptors (Lipinski definition) is 6. The molecule has 1 amide bonds. The van der Waals surface area contributed by atoms with E-state index in [0.717, 1.165) is 17.1 Å². The number of amides is 1. The summed E-state index contributed by atoms with van der Waals surface area (Å²) in [6, 6.07) is 3.06. The first kappa shape index (κ1) is 16.9. The van der Waals surface area contributed by atoms with E-state index < -0.39 is 0 Å². The molecule has 3 rings (SSSR count). The molecule has 0 spiro atoms. The zero-order valence-corrected chi connectivity index (χ0v) is 14.4. The van der Waals surface area contributed by atoms with E-state index >= 15 is 0 Å². The van der Waals surface area contributed by atoms with E-state index in [-0.39, 0.29) is 30.6 Å². The number of aromatic nitrogens is 1. The fourth-order valence-electron chi connectivity index (χ4n) is 2.75. The number of thiazole rings is 1. The maximum atomic E-state index is 12.6. The minimum Gasteiger partial charge on any atom is -0.461 e. The van der Waals surface area contributed by atoms with E-state index in [1.165, 1.54) is 6.26 Å². The lowest BCUT2D eigenvalue weighted by Crippen LogP contribution is -2.50. The molecule has 0 aliphatic carbocycles. The molecule has 1 aliphatic heterocycles. The first-order valence-corrected chi connectivity index (χ1v) is 8.92. The Hall–Kier alpha value is -1.99. The molecule has 0 bridgehead atoms. The predicted octanol–water partition coefficient (Wildman–Crippen LogP) is 2.34. The van der Waals surface area contributed by atoms with E-state index in [0.29, 0.717) is 25.5 Å². The third-order valence-corrected chi connectivity index (χ3v) is 5.04. The summed E-state index contributed by atoms with van der Waals surface area (Å²) in [4.78, 5) is 31.1. The highest BCUT2D eigenvalue weighted by molar-refractivity contribution is 7.09. The summed E-state index contributed by atoms with van der Waals surface area (Å²) in [7, 11) is 0. The van der Waals surface area contributed by atoms with Crippen LogP contribution >= 0.6 is 11.3 Å². The number of Topliss-reactive ketones (excluding diaryl/α,β-unsaturated/α-hetero) is 1. The quantitative estimate of drug-likeness (QED) is 0.749. The van der Waals surface area contributed by atoms with Crippen LogP contribution in [0, 0.1) is 0 Å². The minimum atomic E-state index is -0.256. The predicted molar refractivity (Wildman–Crippen MR) is 89.2 cm³/mol. The summed E-state index contributed by atoms with van der Waals surface area (Å²) in [5, 5.41) is 2.96. The third kappa shape index (κ3) is 3.91. The number of ether oxygens (including phenoxy) is 1. The van der Waals surface area contributed by atoms with E-state index in [1.54, 1.807) is 28.4 Å². The molecular weight excluding hydrogens is 328 g/mol. The molecular formula is C17H20N2O4S. The van der Waals surface area contributed by atoms with Gasteiger partial charge in [-0.1, -0.05) is 6.92 Å². The van der Waals surface area contributed by atoms with Crippen LogP contribution in [0.3, 0.4) is 0 Å². The monoisotopic (exact) mass is 348 g/mol. The van der Waals surface area contributed by atoms with Crippen molar-refractivity contribution in [3.8, 4) is 0 Å². The third-order valence-electron chi connectivity index (χ3n) is 4.00. The molecule has 6 nitrogen and oxygen atoms in total. The van der Waals surface area contributed by atoms with Gasteiger partial charge in [0.05, 0.1) is 42.6 Å². The van der Waals surface area contributed by atoms with Crippen LogP contribution in [0.25, 0.3) is 0 Å². The summed E-state index contributed by atoms with van der Waals surface area (Å²) in [5.41, 5.74) is 0.796. The number of carbonyl (C=O) groups is 2. The average molecular weight is 348 g/mol. The van der Waals surface area contributed by atoms with Gasteiger partial charge in [-0.15, -0.1) is 11.3 Å². The molecule has 2 aromatic heterocycles. The fourth-order valence-corrected chi connectivity index (χ4v) is 3.50. The molecule has 1 atom stereocenters. The maximum Gasteiger partial charge on any atom is 0.229 e. The molecule has 128 valence electrons. The number of carbonyl (C=O) groups excluding carboxylic acids is 2. The number of aryl methyl sites for hydroxylation is 1. The largest absolute Gasteiger partial charge is 0.461 e. The smallest absolute Gasteiger partial charge is 0.229 e. The van der Waals surface area contributed by atoms with Gasteiger partial charge >= 0.3 is 0 Å². The Morgan fingerprint density at radius 1 is 1.46 bits per heavy atom. The Morgan fingerprint density at radius 3 is 3.04 bits per heavy atom. The van der Waals surface area contributed by atoms with Gasteiger partial charge in [0.25, 0.3) is 0 Å². The van der Waals surface area contributed by atoms with Crippen LogP contribution in [-0.4, -0.2) is 47.4 Å². The molecule has 1 aliphatic rings. The van der Waals surface area contributed by atoms with Crippen LogP contribution in [0.4, 0.5) is 0 Å². The Balaban J connectivity index is 1.64. The molecule has 1 saturated heterocycles. The molecule has 0 N–H and O–H groups in total. The summed E-state index contributed by atoms with van der Waals surface area (Å²) in [5.74, 6) is 0.193. The second-order valence-corrected chi connectivity index (χ2v) is 6.63. The van der Waals surface area contributed by atoms with Crippen molar-refractivity contribution in [2.24, 2.45) is 0 Å². The standard InChI is InChI=1S/C17H20N2O4S/c1-2-16-18-12(11-24-16)8-17(21)19-5-7-22-10-13(19)9-14(20)15-4-3-6-23-15/h3-4,6,11,13H,2,5,7-10H2,1H3/t13-/m0/s1. The van der Waals surface area contributed by atoms with Crippen LogP contribution in [0.1, 0.15) is 34.6 Å². The normalized spacial score (nSPS) is 17.9. The van der Waals surface area contributed by atoms with Crippen LogP contribution in [0.15, 0.2) is 28.2 Å². The van der Waals surface area contributed by atoms with E-state index in [9.17, 15) is 9.59 Å². The number of nitrogens with zero attached hydrogens (tertiary/aromatic N) is 2. The summed E-state index contributed by atoms with van der Waals surface area (Å²) in [6.07, 6.45) is 2.82. The Kier molecular flexibility index (Phi) is 5.42. The highest BCUT2D eigenvalue weighted by atomic mass is 32.1. The van der Waals surface area contributed by atoms with Crippen molar-refractivity contribution in [3.05, 3.63) is 40.2 Å². The Labute approximate surface area is 144 Å². The molecule has 0 unspecified atom stereocenters. The lowest BCUT2D eigenvalue weighted by molar-refractivity contribution is -0.139. The molecule has 0 radical (unpaired) electrons. The lowest BCUT2D eigenvalue weighted by Gasteiger charge is -2.35. The molecule has 24 heavy (non-hydrogen) atoms. The maximum absolute atomic E-state index is 12.6. The first-order chi connectivity index (χ1) is 11.7. The van der Waals surface area contributed by atoms with Gasteiger partial charge in [-0.05, 0) is 18.6 Å². The molecule has 1 fully saturated rings.